The molecule has 0 spiro atoms. The van der Waals surface area contributed by atoms with Crippen molar-refractivity contribution in [1.29, 1.82) is 0 Å². The number of para-hydroxylation sites is 1. The molecular formula is C24H27N5OS2. The van der Waals surface area contributed by atoms with Crippen LogP contribution in [0.15, 0.2) is 75.1 Å². The molecule has 2 fully saturated rings. The average molecular weight is 466 g/mol. The first-order chi connectivity index (χ1) is 15.7. The van der Waals surface area contributed by atoms with Crippen LogP contribution < -0.4 is 10.6 Å². The molecule has 2 amide bonds. The van der Waals surface area contributed by atoms with Crippen molar-refractivity contribution in [2.75, 3.05) is 39.3 Å². The van der Waals surface area contributed by atoms with Crippen LogP contribution in [0.25, 0.3) is 0 Å². The molecule has 2 atom stereocenters. The van der Waals surface area contributed by atoms with Crippen molar-refractivity contribution < 1.29 is 4.79 Å². The minimum atomic E-state index is -0.641. The number of benzene rings is 1. The molecule has 2 aromatic rings. The molecular weight excluding hydrogens is 438 g/mol. The van der Waals surface area contributed by atoms with Crippen LogP contribution in [0, 0.1) is 0 Å². The van der Waals surface area contributed by atoms with Gasteiger partial charge in [-0.05, 0) is 23.6 Å². The number of urea groups is 1. The van der Waals surface area contributed by atoms with Crippen molar-refractivity contribution in [3.05, 3.63) is 66.6 Å². The summed E-state index contributed by atoms with van der Waals surface area (Å²) in [5.74, 6) is 0. The van der Waals surface area contributed by atoms with Gasteiger partial charge in [0.25, 0.3) is 0 Å². The minimum absolute atomic E-state index is 0.0641. The quantitative estimate of drug-likeness (QED) is 0.638. The van der Waals surface area contributed by atoms with Gasteiger partial charge in [0.15, 0.2) is 0 Å². The first-order valence-corrected chi connectivity index (χ1v) is 12.6. The molecule has 1 aromatic heterocycles. The maximum atomic E-state index is 12.8. The summed E-state index contributed by atoms with van der Waals surface area (Å²) >= 11 is 3.51. The maximum Gasteiger partial charge on any atom is 0.318 e. The average Bonchev–Trinajstić information content (AvgIpc) is 3.39. The predicted molar refractivity (Wildman–Crippen MR) is 133 cm³/mol. The van der Waals surface area contributed by atoms with E-state index in [0.29, 0.717) is 13.1 Å². The summed E-state index contributed by atoms with van der Waals surface area (Å²) in [4.78, 5) is 23.6. The Kier molecular flexibility index (Phi) is 5.94. The van der Waals surface area contributed by atoms with E-state index in [0.717, 1.165) is 48.0 Å². The van der Waals surface area contributed by atoms with Crippen molar-refractivity contribution in [2.24, 2.45) is 4.99 Å². The number of amides is 2. The molecule has 166 valence electrons. The van der Waals surface area contributed by atoms with Gasteiger partial charge in [0.05, 0.1) is 21.7 Å². The smallest absolute Gasteiger partial charge is 0.318 e. The van der Waals surface area contributed by atoms with Crippen LogP contribution in [0.4, 0.5) is 10.5 Å². The summed E-state index contributed by atoms with van der Waals surface area (Å²) in [6.07, 6.45) is 3.82. The van der Waals surface area contributed by atoms with Crippen LogP contribution in [-0.2, 0) is 0 Å². The number of hydrogen-bond donors (Lipinski definition) is 2. The van der Waals surface area contributed by atoms with Crippen LogP contribution in [0.1, 0.15) is 5.56 Å². The van der Waals surface area contributed by atoms with Crippen molar-refractivity contribution in [3.63, 3.8) is 0 Å². The fraction of sp³-hybridized carbons (Fsp3) is 0.333. The summed E-state index contributed by atoms with van der Waals surface area (Å²) in [6.45, 7) is 12.8. The summed E-state index contributed by atoms with van der Waals surface area (Å²) in [5.41, 5.74) is 2.42. The standard InChI is InChI=1S/C24H27N5OS2/c1-3-12-29-20(16-26-23(29)30)24(4-2,28-13-10-25-11-14-28)21-17-9-15-31-22(17)32-19-8-6-5-7-18(19)27-21/h3-9,15,20,25H,1-2,10-14,16H2,(H,26,30). The number of piperazine rings is 1. The molecule has 0 bridgehead atoms. The third kappa shape index (κ3) is 3.42. The number of aliphatic imine (C=N–C) groups is 1. The van der Waals surface area contributed by atoms with Gasteiger partial charge in [-0.2, -0.15) is 0 Å². The minimum Gasteiger partial charge on any atom is -0.336 e. The fourth-order valence-electron chi connectivity index (χ4n) is 4.97. The molecule has 6 nitrogen and oxygen atoms in total. The van der Waals surface area contributed by atoms with Crippen molar-refractivity contribution in [2.45, 2.75) is 20.7 Å². The van der Waals surface area contributed by atoms with Crippen molar-refractivity contribution in [3.8, 4) is 0 Å². The second kappa shape index (κ2) is 8.86. The number of hydrogen-bond acceptors (Lipinski definition) is 6. The molecule has 0 aliphatic carbocycles. The number of carbonyl (C=O) groups excluding carboxylic acids is 1. The largest absolute Gasteiger partial charge is 0.336 e. The van der Waals surface area contributed by atoms with E-state index < -0.39 is 5.54 Å². The summed E-state index contributed by atoms with van der Waals surface area (Å²) in [6, 6.07) is 10.2. The molecule has 0 saturated carbocycles. The Balaban J connectivity index is 1.75. The zero-order valence-corrected chi connectivity index (χ0v) is 19.6. The second-order valence-corrected chi connectivity index (χ2v) is 10.3. The Morgan fingerprint density at radius 3 is 2.81 bits per heavy atom. The molecule has 2 N–H and O–H groups in total. The highest BCUT2D eigenvalue weighted by Crippen LogP contribution is 2.46. The lowest BCUT2D eigenvalue weighted by Crippen LogP contribution is -2.68. The second-order valence-electron chi connectivity index (χ2n) is 8.06. The molecule has 32 heavy (non-hydrogen) atoms. The van der Waals surface area contributed by atoms with Crippen LogP contribution >= 0.6 is 23.1 Å². The number of rotatable bonds is 6. The number of nitrogens with zero attached hydrogens (tertiary/aromatic N) is 3. The lowest BCUT2D eigenvalue weighted by molar-refractivity contribution is 0.0998. The molecule has 4 heterocycles. The monoisotopic (exact) mass is 465 g/mol. The number of thiophene rings is 1. The highest BCUT2D eigenvalue weighted by molar-refractivity contribution is 8.01. The molecule has 2 unspecified atom stereocenters. The summed E-state index contributed by atoms with van der Waals surface area (Å²) in [7, 11) is 0. The fourth-order valence-corrected chi connectivity index (χ4v) is 7.05. The van der Waals surface area contributed by atoms with Gasteiger partial charge in [-0.3, -0.25) is 4.90 Å². The maximum absolute atomic E-state index is 12.8. The summed E-state index contributed by atoms with van der Waals surface area (Å²) < 4.78 is 1.22. The van der Waals surface area contributed by atoms with E-state index in [1.54, 1.807) is 29.2 Å². The van der Waals surface area contributed by atoms with E-state index in [9.17, 15) is 4.79 Å². The van der Waals surface area contributed by atoms with E-state index in [-0.39, 0.29) is 12.1 Å². The first-order valence-electron chi connectivity index (χ1n) is 10.9. The van der Waals surface area contributed by atoms with Gasteiger partial charge in [0.2, 0.25) is 0 Å². The highest BCUT2D eigenvalue weighted by atomic mass is 32.2. The lowest BCUT2D eigenvalue weighted by Gasteiger charge is -2.49. The van der Waals surface area contributed by atoms with Crippen LogP contribution in [0.2, 0.25) is 0 Å². The van der Waals surface area contributed by atoms with Gasteiger partial charge in [0, 0.05) is 49.7 Å². The van der Waals surface area contributed by atoms with E-state index in [1.807, 2.05) is 17.0 Å². The predicted octanol–water partition coefficient (Wildman–Crippen LogP) is 3.74. The molecule has 2 saturated heterocycles. The molecule has 3 aliphatic heterocycles. The van der Waals surface area contributed by atoms with Gasteiger partial charge in [-0.25, -0.2) is 9.79 Å². The number of fused-ring (bicyclic) bond motifs is 2. The van der Waals surface area contributed by atoms with E-state index >= 15 is 0 Å². The van der Waals surface area contributed by atoms with Gasteiger partial charge in [-0.1, -0.05) is 36.0 Å². The Bertz CT molecular complexity index is 1070. The van der Waals surface area contributed by atoms with Crippen molar-refractivity contribution >= 4 is 40.5 Å². The van der Waals surface area contributed by atoms with Crippen LogP contribution in [0.3, 0.4) is 0 Å². The van der Waals surface area contributed by atoms with Crippen LogP contribution in [-0.4, -0.2) is 72.4 Å². The van der Waals surface area contributed by atoms with Gasteiger partial charge >= 0.3 is 6.03 Å². The third-order valence-electron chi connectivity index (χ3n) is 6.43. The zero-order chi connectivity index (χ0) is 22.1. The Hall–Kier alpha value is -2.39. The molecule has 5 rings (SSSR count). The van der Waals surface area contributed by atoms with E-state index in [1.165, 1.54) is 4.21 Å². The van der Waals surface area contributed by atoms with Gasteiger partial charge in [0.1, 0.15) is 5.54 Å². The van der Waals surface area contributed by atoms with Gasteiger partial charge in [-0.15, -0.1) is 24.5 Å². The van der Waals surface area contributed by atoms with E-state index in [4.69, 9.17) is 4.99 Å². The molecule has 0 radical (unpaired) electrons. The Morgan fingerprint density at radius 2 is 2.03 bits per heavy atom. The SMILES string of the molecule is C=CCN1C(=O)NCC1C(C=C)(C1=Nc2ccccc2Sc2sccc21)N1CCNCC1. The normalized spacial score (nSPS) is 22.8. The van der Waals surface area contributed by atoms with Crippen LogP contribution in [0.5, 0.6) is 0 Å². The highest BCUT2D eigenvalue weighted by Gasteiger charge is 2.53. The van der Waals surface area contributed by atoms with E-state index in [2.05, 4.69) is 58.3 Å². The topological polar surface area (TPSA) is 60.0 Å². The first kappa shape index (κ1) is 21.5. The number of carbonyl (C=O) groups is 1. The molecule has 8 heteroatoms. The third-order valence-corrected chi connectivity index (χ3v) is 8.65. The molecule has 3 aliphatic rings. The zero-order valence-electron chi connectivity index (χ0n) is 17.9. The lowest BCUT2D eigenvalue weighted by atomic mass is 9.79. The summed E-state index contributed by atoms with van der Waals surface area (Å²) in [5, 5.41) is 8.66. The molecule has 1 aromatic carbocycles. The Morgan fingerprint density at radius 1 is 1.22 bits per heavy atom. The van der Waals surface area contributed by atoms with Gasteiger partial charge < -0.3 is 15.5 Å². The Labute approximate surface area is 197 Å². The number of nitrogens with one attached hydrogen (secondary N) is 2. The van der Waals surface area contributed by atoms with Crippen molar-refractivity contribution in [1.82, 2.24) is 20.4 Å².